The number of aromatic amines is 1. The van der Waals surface area contributed by atoms with Gasteiger partial charge in [-0.2, -0.15) is 0 Å². The minimum atomic E-state index is -0.603. The first-order chi connectivity index (χ1) is 17.9. The number of nitrogens with zero attached hydrogens (tertiary/aromatic N) is 2. The van der Waals surface area contributed by atoms with Crippen molar-refractivity contribution in [3.63, 3.8) is 0 Å². The summed E-state index contributed by atoms with van der Waals surface area (Å²) in [6.07, 6.45) is 3.32. The van der Waals surface area contributed by atoms with Gasteiger partial charge in [-0.25, -0.2) is 4.98 Å². The molecule has 8 nitrogen and oxygen atoms in total. The highest BCUT2D eigenvalue weighted by Crippen LogP contribution is 2.29. The predicted molar refractivity (Wildman–Crippen MR) is 139 cm³/mol. The lowest BCUT2D eigenvalue weighted by Gasteiger charge is -2.26. The topological polar surface area (TPSA) is 108 Å². The molecule has 2 fully saturated rings. The van der Waals surface area contributed by atoms with Crippen LogP contribution in [-0.2, 0) is 22.5 Å². The maximum absolute atomic E-state index is 11.8. The predicted octanol–water partition coefficient (Wildman–Crippen LogP) is 2.31. The van der Waals surface area contributed by atoms with Crippen molar-refractivity contribution < 1.29 is 14.6 Å². The van der Waals surface area contributed by atoms with Crippen molar-refractivity contribution in [1.29, 1.82) is 0 Å². The van der Waals surface area contributed by atoms with Crippen LogP contribution < -0.4 is 10.9 Å². The molecule has 2 aliphatic heterocycles. The molecule has 2 bridgehead atoms. The molecule has 3 aromatic rings. The Bertz CT molecular complexity index is 1370. The lowest BCUT2D eigenvalue weighted by atomic mass is 9.94. The Morgan fingerprint density at radius 1 is 1.16 bits per heavy atom. The van der Waals surface area contributed by atoms with Crippen molar-refractivity contribution in [3.05, 3.63) is 93.2 Å². The smallest absolute Gasteiger partial charge is 0.293 e. The first-order valence-corrected chi connectivity index (χ1v) is 12.5. The monoisotopic (exact) mass is 498 g/mol. The second-order valence-electron chi connectivity index (χ2n) is 9.72. The minimum absolute atomic E-state index is 0.189. The van der Waals surface area contributed by atoms with Crippen LogP contribution in [0.1, 0.15) is 47.2 Å². The van der Waals surface area contributed by atoms with E-state index in [0.29, 0.717) is 18.6 Å². The molecule has 2 aromatic carbocycles. The minimum Gasteiger partial charge on any atom is -0.502 e. The summed E-state index contributed by atoms with van der Waals surface area (Å²) < 4.78 is 5.69. The van der Waals surface area contributed by atoms with E-state index in [1.165, 1.54) is 18.8 Å². The number of nitrogens with one attached hydrogen (secondary N) is 2. The highest BCUT2D eigenvalue weighted by atomic mass is 16.5. The number of aromatic nitrogens is 2. The second-order valence-corrected chi connectivity index (χ2v) is 9.72. The molecule has 0 radical (unpaired) electrons. The third kappa shape index (κ3) is 6.08. The van der Waals surface area contributed by atoms with Crippen LogP contribution in [0.2, 0.25) is 0 Å². The summed E-state index contributed by atoms with van der Waals surface area (Å²) in [4.78, 5) is 32.3. The van der Waals surface area contributed by atoms with Gasteiger partial charge in [0.1, 0.15) is 0 Å². The number of hydrogen-bond acceptors (Lipinski definition) is 6. The maximum Gasteiger partial charge on any atom is 0.293 e. The largest absolute Gasteiger partial charge is 0.502 e. The van der Waals surface area contributed by atoms with Crippen LogP contribution in [-0.4, -0.2) is 57.7 Å². The van der Waals surface area contributed by atoms with Crippen LogP contribution in [0.4, 0.5) is 0 Å². The van der Waals surface area contributed by atoms with Crippen LogP contribution in [0.15, 0.2) is 59.7 Å². The third-order valence-corrected chi connectivity index (χ3v) is 6.98. The van der Waals surface area contributed by atoms with E-state index < -0.39 is 11.3 Å². The van der Waals surface area contributed by atoms with Crippen molar-refractivity contribution in [2.75, 3.05) is 19.7 Å². The Balaban J connectivity index is 1.22. The van der Waals surface area contributed by atoms with Crippen LogP contribution in [0, 0.1) is 11.8 Å². The van der Waals surface area contributed by atoms with E-state index in [-0.39, 0.29) is 24.1 Å². The number of carbonyl (C=O) groups is 1. The fourth-order valence-corrected chi connectivity index (χ4v) is 4.99. The van der Waals surface area contributed by atoms with Crippen LogP contribution in [0.25, 0.3) is 0 Å². The number of amides is 1. The third-order valence-electron chi connectivity index (χ3n) is 6.98. The second kappa shape index (κ2) is 11.0. The molecule has 5 rings (SSSR count). The fourth-order valence-electron chi connectivity index (χ4n) is 4.99. The maximum atomic E-state index is 11.8. The Labute approximate surface area is 215 Å². The quantitative estimate of drug-likeness (QED) is 0.432. The molecule has 3 atom stereocenters. The van der Waals surface area contributed by atoms with E-state index in [1.807, 2.05) is 24.3 Å². The average Bonchev–Trinajstić information content (AvgIpc) is 3.52. The highest BCUT2D eigenvalue weighted by Gasteiger charge is 2.38. The summed E-state index contributed by atoms with van der Waals surface area (Å²) in [5.41, 5.74) is 3.77. The summed E-state index contributed by atoms with van der Waals surface area (Å²) in [7, 11) is 0. The standard InChI is InChI=1S/C29H30N4O4/c1-19(34)30-14-24(27-28(35)29(36)32-18-31-27)12-22-8-4-20(5-9-22)2-3-21-6-10-23(11-7-21)15-33-16-26-13-25(33)17-37-26/h4-11,18,24-26,35H,12-17H2,1H3,(H,30,34)(H,31,32,36). The number of fused-ring (bicyclic) bond motifs is 2. The molecule has 37 heavy (non-hydrogen) atoms. The molecule has 1 amide bonds. The normalized spacial score (nSPS) is 19.3. The number of likely N-dealkylation sites (tertiary alicyclic amines) is 1. The lowest BCUT2D eigenvalue weighted by Crippen LogP contribution is -2.36. The molecule has 0 spiro atoms. The van der Waals surface area contributed by atoms with Crippen molar-refractivity contribution in [3.8, 4) is 17.6 Å². The number of carbonyl (C=O) groups excluding carboxylic acids is 1. The SMILES string of the molecule is CC(=O)NCC(Cc1ccc(C#Cc2ccc(CN3CC4CC3CO4)cc2)cc1)c1nc[nH]c(=O)c1O. The van der Waals surface area contributed by atoms with Gasteiger partial charge in [0.2, 0.25) is 11.7 Å². The Morgan fingerprint density at radius 2 is 1.84 bits per heavy atom. The van der Waals surface area contributed by atoms with E-state index in [2.05, 4.69) is 56.3 Å². The number of aromatic hydroxyl groups is 1. The Morgan fingerprint density at radius 3 is 2.43 bits per heavy atom. The molecule has 3 heterocycles. The first-order valence-electron chi connectivity index (χ1n) is 12.5. The van der Waals surface area contributed by atoms with E-state index in [1.54, 1.807) is 0 Å². The van der Waals surface area contributed by atoms with Crippen LogP contribution in [0.5, 0.6) is 5.75 Å². The molecule has 3 N–H and O–H groups in total. The molecule has 1 aromatic heterocycles. The number of ether oxygens (including phenoxy) is 1. The van der Waals surface area contributed by atoms with Gasteiger partial charge in [0, 0.05) is 49.6 Å². The zero-order chi connectivity index (χ0) is 25.8. The molecule has 2 saturated heterocycles. The number of morpholine rings is 1. The summed E-state index contributed by atoms with van der Waals surface area (Å²) in [5, 5.41) is 13.0. The van der Waals surface area contributed by atoms with E-state index >= 15 is 0 Å². The molecule has 190 valence electrons. The van der Waals surface area contributed by atoms with Gasteiger partial charge in [-0.05, 0) is 48.2 Å². The van der Waals surface area contributed by atoms with Gasteiger partial charge in [0.25, 0.3) is 5.56 Å². The van der Waals surface area contributed by atoms with Crippen molar-refractivity contribution >= 4 is 5.91 Å². The van der Waals surface area contributed by atoms with E-state index in [4.69, 9.17) is 4.74 Å². The summed E-state index contributed by atoms with van der Waals surface area (Å²) >= 11 is 0. The Kier molecular flexibility index (Phi) is 7.35. The molecule has 0 aliphatic carbocycles. The number of rotatable bonds is 7. The summed E-state index contributed by atoms with van der Waals surface area (Å²) in [6.45, 7) is 4.51. The molecule has 8 heteroatoms. The van der Waals surface area contributed by atoms with Crippen LogP contribution >= 0.6 is 0 Å². The number of benzene rings is 2. The van der Waals surface area contributed by atoms with Gasteiger partial charge >= 0.3 is 0 Å². The van der Waals surface area contributed by atoms with E-state index in [9.17, 15) is 14.7 Å². The highest BCUT2D eigenvalue weighted by molar-refractivity contribution is 5.72. The van der Waals surface area contributed by atoms with Crippen molar-refractivity contribution in [1.82, 2.24) is 20.2 Å². The average molecular weight is 499 g/mol. The van der Waals surface area contributed by atoms with E-state index in [0.717, 1.165) is 42.8 Å². The van der Waals surface area contributed by atoms with Crippen molar-refractivity contribution in [2.24, 2.45) is 0 Å². The summed E-state index contributed by atoms with van der Waals surface area (Å²) in [6, 6.07) is 16.8. The zero-order valence-electron chi connectivity index (χ0n) is 20.7. The van der Waals surface area contributed by atoms with Gasteiger partial charge in [-0.1, -0.05) is 36.1 Å². The van der Waals surface area contributed by atoms with Gasteiger partial charge in [-0.15, -0.1) is 0 Å². The number of H-pyrrole nitrogens is 1. The van der Waals surface area contributed by atoms with Crippen LogP contribution in [0.3, 0.4) is 0 Å². The fraction of sp³-hybridized carbons (Fsp3) is 0.345. The van der Waals surface area contributed by atoms with Gasteiger partial charge < -0.3 is 20.1 Å². The molecule has 2 aliphatic rings. The van der Waals surface area contributed by atoms with Crippen molar-refractivity contribution in [2.45, 2.75) is 44.4 Å². The van der Waals surface area contributed by atoms with Gasteiger partial charge in [-0.3, -0.25) is 14.5 Å². The zero-order valence-corrected chi connectivity index (χ0v) is 20.7. The van der Waals surface area contributed by atoms with Gasteiger partial charge in [0.05, 0.1) is 24.7 Å². The first kappa shape index (κ1) is 24.8. The molecular formula is C29H30N4O4. The number of hydrogen-bond donors (Lipinski definition) is 3. The lowest BCUT2D eigenvalue weighted by molar-refractivity contribution is -0.119. The molecular weight excluding hydrogens is 468 g/mol. The summed E-state index contributed by atoms with van der Waals surface area (Å²) in [5.74, 6) is 5.47. The molecule has 0 saturated carbocycles. The molecule has 3 unspecified atom stereocenters. The Hall–Kier alpha value is -3.93. The van der Waals surface area contributed by atoms with Gasteiger partial charge in [0.15, 0.2) is 0 Å².